The topological polar surface area (TPSA) is 100 Å². The molecule has 2 aliphatic rings. The van der Waals surface area contributed by atoms with Crippen LogP contribution < -0.4 is 15.0 Å². The third-order valence-corrected chi connectivity index (χ3v) is 8.63. The maximum atomic E-state index is 13.9. The molecule has 2 aromatic carbocycles. The molecular formula is C35H40F6N6O4. The lowest BCUT2D eigenvalue weighted by molar-refractivity contribution is -0.177. The minimum absolute atomic E-state index is 0.0189. The fraction of sp³-hybridized carbons (Fsp3) is 0.486. The Labute approximate surface area is 291 Å². The molecule has 0 aliphatic carbocycles. The van der Waals surface area contributed by atoms with Crippen LogP contribution in [0.2, 0.25) is 0 Å². The van der Waals surface area contributed by atoms with Gasteiger partial charge in [0.2, 0.25) is 0 Å². The standard InChI is InChI=1S/C35H40F6N6O4/c1-33(2,3)51-31(48)21-45-12-14-46(15-13-45)30-19-42-27(18-43-30)32(49)44-24-8-9-25(22-7-10-28(50-4)26(17-22)34(36,37)38)23(16-24)20-47-11-5-6-29(47)35(39,40)41/h7-10,16-19,29H,5-6,11-15,20-21H2,1-4H3,(H,44,49)/t29-/m0/s1. The van der Waals surface area contributed by atoms with Crippen molar-refractivity contribution in [3.63, 3.8) is 0 Å². The first-order valence-electron chi connectivity index (χ1n) is 16.4. The van der Waals surface area contributed by atoms with E-state index in [1.165, 1.54) is 41.6 Å². The van der Waals surface area contributed by atoms with Gasteiger partial charge in [0.05, 0.1) is 31.6 Å². The Bertz CT molecular complexity index is 1700. The van der Waals surface area contributed by atoms with E-state index < -0.39 is 35.5 Å². The fourth-order valence-corrected chi connectivity index (χ4v) is 6.27. The number of esters is 1. The van der Waals surface area contributed by atoms with Crippen LogP contribution in [0.15, 0.2) is 48.8 Å². The Kier molecular flexibility index (Phi) is 11.1. The average Bonchev–Trinajstić information content (AvgIpc) is 3.53. The molecule has 2 fully saturated rings. The Balaban J connectivity index is 1.32. The number of nitrogens with zero attached hydrogens (tertiary/aromatic N) is 5. The van der Waals surface area contributed by atoms with E-state index in [1.807, 2.05) is 30.6 Å². The van der Waals surface area contributed by atoms with Crippen LogP contribution in [-0.2, 0) is 22.3 Å². The summed E-state index contributed by atoms with van der Waals surface area (Å²) in [5, 5.41) is 2.69. The minimum Gasteiger partial charge on any atom is -0.496 e. The molecule has 5 rings (SSSR count). The van der Waals surface area contributed by atoms with Crippen LogP contribution in [0.1, 0.15) is 55.2 Å². The zero-order valence-electron chi connectivity index (χ0n) is 28.7. The molecule has 0 unspecified atom stereocenters. The summed E-state index contributed by atoms with van der Waals surface area (Å²) in [5.41, 5.74) is -0.675. The van der Waals surface area contributed by atoms with Gasteiger partial charge in [-0.3, -0.25) is 19.4 Å². The van der Waals surface area contributed by atoms with Crippen molar-refractivity contribution in [3.05, 3.63) is 65.6 Å². The summed E-state index contributed by atoms with van der Waals surface area (Å²) < 4.78 is 93.3. The molecule has 3 aromatic rings. The van der Waals surface area contributed by atoms with E-state index in [4.69, 9.17) is 9.47 Å². The highest BCUT2D eigenvalue weighted by molar-refractivity contribution is 6.03. The van der Waals surface area contributed by atoms with Crippen LogP contribution >= 0.6 is 0 Å². The number of carbonyl (C=O) groups is 2. The van der Waals surface area contributed by atoms with E-state index in [1.54, 1.807) is 0 Å². The van der Waals surface area contributed by atoms with Crippen molar-refractivity contribution in [3.8, 4) is 16.9 Å². The number of halogens is 6. The molecule has 1 atom stereocenters. The van der Waals surface area contributed by atoms with E-state index in [0.29, 0.717) is 44.0 Å². The molecular weight excluding hydrogens is 682 g/mol. The molecule has 276 valence electrons. The second kappa shape index (κ2) is 15.0. The number of piperazine rings is 1. The number of likely N-dealkylation sites (tertiary alicyclic amines) is 1. The summed E-state index contributed by atoms with van der Waals surface area (Å²) in [5.74, 6) is -0.780. The molecule has 10 nitrogen and oxygen atoms in total. The summed E-state index contributed by atoms with van der Waals surface area (Å²) in [6, 6.07) is 6.19. The molecule has 1 N–H and O–H groups in total. The van der Waals surface area contributed by atoms with E-state index >= 15 is 0 Å². The SMILES string of the molecule is COc1ccc(-c2ccc(NC(=O)c3cnc(N4CCN(CC(=O)OC(C)(C)C)CC4)cn3)cc2CN2CCC[C@H]2C(F)(F)F)cc1C(F)(F)F. The van der Waals surface area contributed by atoms with Crippen LogP contribution in [0.25, 0.3) is 11.1 Å². The summed E-state index contributed by atoms with van der Waals surface area (Å²) in [6.45, 7) is 7.88. The lowest BCUT2D eigenvalue weighted by Crippen LogP contribution is -2.49. The molecule has 51 heavy (non-hydrogen) atoms. The number of alkyl halides is 6. The van der Waals surface area contributed by atoms with Gasteiger partial charge in [-0.2, -0.15) is 26.3 Å². The first-order chi connectivity index (χ1) is 23.9. The normalized spacial score (nSPS) is 17.8. The van der Waals surface area contributed by atoms with Crippen molar-refractivity contribution < 1.29 is 45.4 Å². The molecule has 0 bridgehead atoms. The predicted octanol–water partition coefficient (Wildman–Crippen LogP) is 6.41. The molecule has 1 aromatic heterocycles. The number of ether oxygens (including phenoxy) is 2. The molecule has 3 heterocycles. The largest absolute Gasteiger partial charge is 0.496 e. The van der Waals surface area contributed by atoms with Crippen LogP contribution in [-0.4, -0.2) is 95.8 Å². The predicted molar refractivity (Wildman–Crippen MR) is 177 cm³/mol. The molecule has 2 saturated heterocycles. The number of aromatic nitrogens is 2. The first-order valence-corrected chi connectivity index (χ1v) is 16.4. The summed E-state index contributed by atoms with van der Waals surface area (Å²) in [4.78, 5) is 39.2. The quantitative estimate of drug-likeness (QED) is 0.198. The highest BCUT2D eigenvalue weighted by Crippen LogP contribution is 2.41. The maximum Gasteiger partial charge on any atom is 0.419 e. The second-order valence-electron chi connectivity index (χ2n) is 13.5. The number of nitrogens with one attached hydrogen (secondary N) is 1. The maximum absolute atomic E-state index is 13.9. The molecule has 0 saturated carbocycles. The van der Waals surface area contributed by atoms with E-state index in [2.05, 4.69) is 15.3 Å². The number of hydrogen-bond donors (Lipinski definition) is 1. The van der Waals surface area contributed by atoms with Gasteiger partial charge in [-0.1, -0.05) is 12.1 Å². The average molecular weight is 723 g/mol. The van der Waals surface area contributed by atoms with Crippen LogP contribution in [0.5, 0.6) is 5.75 Å². The van der Waals surface area contributed by atoms with Crippen molar-refractivity contribution in [1.82, 2.24) is 19.8 Å². The van der Waals surface area contributed by atoms with Gasteiger partial charge in [-0.25, -0.2) is 9.97 Å². The smallest absolute Gasteiger partial charge is 0.419 e. The lowest BCUT2D eigenvalue weighted by Gasteiger charge is -2.35. The van der Waals surface area contributed by atoms with E-state index in [-0.39, 0.29) is 60.3 Å². The second-order valence-corrected chi connectivity index (χ2v) is 13.5. The molecule has 2 aliphatic heterocycles. The van der Waals surface area contributed by atoms with Crippen molar-refractivity contribution in [2.24, 2.45) is 0 Å². The number of carbonyl (C=O) groups excluding carboxylic acids is 2. The molecule has 0 radical (unpaired) electrons. The van der Waals surface area contributed by atoms with Gasteiger partial charge in [0.15, 0.2) is 0 Å². The third kappa shape index (κ3) is 9.67. The summed E-state index contributed by atoms with van der Waals surface area (Å²) in [7, 11) is 1.12. The Morgan fingerprint density at radius 1 is 0.922 bits per heavy atom. The monoisotopic (exact) mass is 722 g/mol. The Hall–Kier alpha value is -4.44. The Morgan fingerprint density at radius 2 is 1.65 bits per heavy atom. The number of amides is 1. The lowest BCUT2D eigenvalue weighted by atomic mass is 9.96. The first kappa shape index (κ1) is 37.8. The van der Waals surface area contributed by atoms with Gasteiger partial charge in [0.1, 0.15) is 28.9 Å². The van der Waals surface area contributed by atoms with Gasteiger partial charge in [-0.05, 0) is 81.1 Å². The number of anilines is 2. The zero-order chi connectivity index (χ0) is 37.1. The van der Waals surface area contributed by atoms with Gasteiger partial charge in [0, 0.05) is 38.4 Å². The number of hydrogen-bond acceptors (Lipinski definition) is 9. The fourth-order valence-electron chi connectivity index (χ4n) is 6.27. The van der Waals surface area contributed by atoms with Gasteiger partial charge in [0.25, 0.3) is 5.91 Å². The summed E-state index contributed by atoms with van der Waals surface area (Å²) in [6.07, 6.45) is -6.23. The van der Waals surface area contributed by atoms with Crippen LogP contribution in [0.3, 0.4) is 0 Å². The van der Waals surface area contributed by atoms with Gasteiger partial charge in [-0.15, -0.1) is 0 Å². The third-order valence-electron chi connectivity index (χ3n) is 8.63. The highest BCUT2D eigenvalue weighted by atomic mass is 19.4. The Morgan fingerprint density at radius 3 is 2.25 bits per heavy atom. The van der Waals surface area contributed by atoms with Crippen LogP contribution in [0, 0.1) is 0 Å². The van der Waals surface area contributed by atoms with Crippen molar-refractivity contribution in [2.75, 3.05) is 56.6 Å². The van der Waals surface area contributed by atoms with Crippen molar-refractivity contribution in [1.29, 1.82) is 0 Å². The van der Waals surface area contributed by atoms with Gasteiger partial charge < -0.3 is 19.7 Å². The summed E-state index contributed by atoms with van der Waals surface area (Å²) >= 11 is 0. The van der Waals surface area contributed by atoms with Crippen LogP contribution in [0.4, 0.5) is 37.8 Å². The van der Waals surface area contributed by atoms with Crippen molar-refractivity contribution >= 4 is 23.4 Å². The van der Waals surface area contributed by atoms with E-state index in [9.17, 15) is 35.9 Å². The number of benzene rings is 2. The molecule has 1 amide bonds. The highest BCUT2D eigenvalue weighted by Gasteiger charge is 2.46. The number of rotatable bonds is 9. The minimum atomic E-state index is -4.74. The van der Waals surface area contributed by atoms with Crippen molar-refractivity contribution in [2.45, 2.75) is 64.2 Å². The van der Waals surface area contributed by atoms with E-state index in [0.717, 1.165) is 19.2 Å². The number of methoxy groups -OCH3 is 1. The van der Waals surface area contributed by atoms with Gasteiger partial charge >= 0.3 is 18.3 Å². The molecule has 16 heteroatoms. The molecule has 0 spiro atoms. The zero-order valence-corrected chi connectivity index (χ0v) is 28.7.